The van der Waals surface area contributed by atoms with Gasteiger partial charge in [-0.15, -0.1) is 11.3 Å². The molecule has 4 nitrogen and oxygen atoms in total. The third-order valence-corrected chi connectivity index (χ3v) is 4.11. The second-order valence-electron chi connectivity index (χ2n) is 4.48. The molecule has 6 heteroatoms. The van der Waals surface area contributed by atoms with Crippen LogP contribution in [0.25, 0.3) is 21.3 Å². The predicted octanol–water partition coefficient (Wildman–Crippen LogP) is 3.40. The monoisotopic (exact) mass is 288 g/mol. The summed E-state index contributed by atoms with van der Waals surface area (Å²) in [6.45, 7) is 3.84. The van der Waals surface area contributed by atoms with E-state index in [2.05, 4.69) is 15.4 Å². The van der Waals surface area contributed by atoms with E-state index in [-0.39, 0.29) is 5.82 Å². The molecule has 0 saturated heterocycles. The van der Waals surface area contributed by atoms with Crippen LogP contribution in [0.3, 0.4) is 0 Å². The zero-order valence-corrected chi connectivity index (χ0v) is 11.9. The summed E-state index contributed by atoms with van der Waals surface area (Å²) in [6.07, 6.45) is 0. The summed E-state index contributed by atoms with van der Waals surface area (Å²) >= 11 is 1.58. The molecule has 0 fully saturated rings. The van der Waals surface area contributed by atoms with Gasteiger partial charge >= 0.3 is 0 Å². The van der Waals surface area contributed by atoms with Crippen molar-refractivity contribution in [1.29, 1.82) is 0 Å². The molecule has 2 aromatic heterocycles. The summed E-state index contributed by atoms with van der Waals surface area (Å²) in [5.41, 5.74) is 4.55. The standard InChI is InChI=1S/C14H13FN4S/c1-7-11(9-3-5-10(15)6-4-9)12-13(19-16)17-8(2)18-14(12)20-7/h3-6H,16H2,1-2H3,(H,17,18,19). The minimum Gasteiger partial charge on any atom is -0.308 e. The summed E-state index contributed by atoms with van der Waals surface area (Å²) in [5.74, 6) is 6.57. The number of benzene rings is 1. The number of hydrazine groups is 1. The first-order valence-corrected chi connectivity index (χ1v) is 6.92. The number of nitrogens with one attached hydrogen (secondary N) is 1. The number of anilines is 1. The first-order valence-electron chi connectivity index (χ1n) is 6.10. The van der Waals surface area contributed by atoms with E-state index in [1.165, 1.54) is 12.1 Å². The van der Waals surface area contributed by atoms with Gasteiger partial charge in [-0.2, -0.15) is 0 Å². The van der Waals surface area contributed by atoms with Crippen molar-refractivity contribution in [2.75, 3.05) is 5.43 Å². The third kappa shape index (κ3) is 2.03. The summed E-state index contributed by atoms with van der Waals surface area (Å²) in [6, 6.07) is 6.40. The number of aryl methyl sites for hydroxylation is 2. The summed E-state index contributed by atoms with van der Waals surface area (Å²) in [7, 11) is 0. The first kappa shape index (κ1) is 13.0. The van der Waals surface area contributed by atoms with E-state index < -0.39 is 0 Å². The van der Waals surface area contributed by atoms with Gasteiger partial charge in [0, 0.05) is 10.4 Å². The van der Waals surface area contributed by atoms with E-state index in [9.17, 15) is 4.39 Å². The topological polar surface area (TPSA) is 63.8 Å². The maximum absolute atomic E-state index is 13.1. The van der Waals surface area contributed by atoms with Crippen LogP contribution in [0.5, 0.6) is 0 Å². The fraction of sp³-hybridized carbons (Fsp3) is 0.143. The van der Waals surface area contributed by atoms with Crippen molar-refractivity contribution in [3.05, 3.63) is 40.8 Å². The molecule has 0 bridgehead atoms. The third-order valence-electron chi connectivity index (χ3n) is 3.11. The number of nitrogens with two attached hydrogens (primary N) is 1. The quantitative estimate of drug-likeness (QED) is 0.560. The van der Waals surface area contributed by atoms with Crippen LogP contribution in [0.2, 0.25) is 0 Å². The molecule has 3 aromatic rings. The fourth-order valence-electron chi connectivity index (χ4n) is 2.29. The minimum absolute atomic E-state index is 0.254. The van der Waals surface area contributed by atoms with Crippen molar-refractivity contribution < 1.29 is 4.39 Å². The van der Waals surface area contributed by atoms with Crippen LogP contribution < -0.4 is 11.3 Å². The SMILES string of the molecule is Cc1nc(NN)c2c(-c3ccc(F)cc3)c(C)sc2n1. The Morgan fingerprint density at radius 1 is 1.15 bits per heavy atom. The Morgan fingerprint density at radius 2 is 1.85 bits per heavy atom. The Labute approximate surface area is 119 Å². The lowest BCUT2D eigenvalue weighted by atomic mass is 10.0. The van der Waals surface area contributed by atoms with Crippen molar-refractivity contribution in [3.63, 3.8) is 0 Å². The lowest BCUT2D eigenvalue weighted by Crippen LogP contribution is -2.10. The van der Waals surface area contributed by atoms with Crippen LogP contribution in [0, 0.1) is 19.7 Å². The van der Waals surface area contributed by atoms with Gasteiger partial charge in [0.25, 0.3) is 0 Å². The Kier molecular flexibility index (Phi) is 3.11. The number of halogens is 1. The van der Waals surface area contributed by atoms with Crippen LogP contribution in [-0.4, -0.2) is 9.97 Å². The molecule has 0 saturated carbocycles. The zero-order chi connectivity index (χ0) is 14.3. The van der Waals surface area contributed by atoms with Crippen molar-refractivity contribution in [2.24, 2.45) is 5.84 Å². The number of nitrogens with zero attached hydrogens (tertiary/aromatic N) is 2. The number of thiophene rings is 1. The van der Waals surface area contributed by atoms with E-state index in [0.717, 1.165) is 26.2 Å². The number of nitrogen functional groups attached to an aromatic ring is 1. The maximum Gasteiger partial charge on any atom is 0.153 e. The van der Waals surface area contributed by atoms with Crippen LogP contribution >= 0.6 is 11.3 Å². The van der Waals surface area contributed by atoms with Gasteiger partial charge in [-0.1, -0.05) is 12.1 Å². The summed E-state index contributed by atoms with van der Waals surface area (Å²) in [5, 5.41) is 0.882. The van der Waals surface area contributed by atoms with E-state index >= 15 is 0 Å². The molecule has 3 rings (SSSR count). The first-order chi connectivity index (χ1) is 9.60. The van der Waals surface area contributed by atoms with Gasteiger partial charge in [0.2, 0.25) is 0 Å². The zero-order valence-electron chi connectivity index (χ0n) is 11.1. The van der Waals surface area contributed by atoms with E-state index in [1.807, 2.05) is 13.8 Å². The second kappa shape index (κ2) is 4.81. The highest BCUT2D eigenvalue weighted by atomic mass is 32.1. The van der Waals surface area contributed by atoms with Gasteiger partial charge in [-0.05, 0) is 31.5 Å². The van der Waals surface area contributed by atoms with E-state index in [0.29, 0.717) is 11.6 Å². The van der Waals surface area contributed by atoms with E-state index in [4.69, 9.17) is 5.84 Å². The minimum atomic E-state index is -0.254. The normalized spacial score (nSPS) is 11.0. The summed E-state index contributed by atoms with van der Waals surface area (Å²) in [4.78, 5) is 10.7. The molecule has 3 N–H and O–H groups in total. The number of rotatable bonds is 2. The van der Waals surface area contributed by atoms with Crippen molar-refractivity contribution >= 4 is 27.4 Å². The molecule has 1 aromatic carbocycles. The Hall–Kier alpha value is -2.05. The molecule has 2 heterocycles. The predicted molar refractivity (Wildman–Crippen MR) is 80.1 cm³/mol. The lowest BCUT2D eigenvalue weighted by molar-refractivity contribution is 0.628. The van der Waals surface area contributed by atoms with Crippen LogP contribution in [0.4, 0.5) is 10.2 Å². The number of fused-ring (bicyclic) bond motifs is 1. The van der Waals surface area contributed by atoms with Gasteiger partial charge < -0.3 is 5.43 Å². The highest BCUT2D eigenvalue weighted by molar-refractivity contribution is 7.19. The molecule has 20 heavy (non-hydrogen) atoms. The molecule has 102 valence electrons. The average Bonchev–Trinajstić information content (AvgIpc) is 2.74. The summed E-state index contributed by atoms with van der Waals surface area (Å²) < 4.78 is 13.1. The molecular formula is C14H13FN4S. The maximum atomic E-state index is 13.1. The molecule has 0 atom stereocenters. The molecule has 0 aliphatic heterocycles. The largest absolute Gasteiger partial charge is 0.308 e. The number of hydrogen-bond donors (Lipinski definition) is 2. The second-order valence-corrected chi connectivity index (χ2v) is 5.69. The van der Waals surface area contributed by atoms with Crippen molar-refractivity contribution in [3.8, 4) is 11.1 Å². The van der Waals surface area contributed by atoms with Crippen LogP contribution in [0.15, 0.2) is 24.3 Å². The highest BCUT2D eigenvalue weighted by Crippen LogP contribution is 2.40. The highest BCUT2D eigenvalue weighted by Gasteiger charge is 2.17. The Bertz CT molecular complexity index is 780. The Morgan fingerprint density at radius 3 is 2.50 bits per heavy atom. The van der Waals surface area contributed by atoms with Gasteiger partial charge in [0.1, 0.15) is 16.5 Å². The van der Waals surface area contributed by atoms with Crippen LogP contribution in [0.1, 0.15) is 10.7 Å². The van der Waals surface area contributed by atoms with Gasteiger partial charge in [0.05, 0.1) is 5.39 Å². The molecule has 0 aliphatic rings. The van der Waals surface area contributed by atoms with Gasteiger partial charge in [-0.25, -0.2) is 20.2 Å². The Balaban J connectivity index is 2.35. The number of aromatic nitrogens is 2. The lowest BCUT2D eigenvalue weighted by Gasteiger charge is -2.06. The molecular weight excluding hydrogens is 275 g/mol. The van der Waals surface area contributed by atoms with Gasteiger partial charge in [-0.3, -0.25) is 0 Å². The molecule has 0 unspecified atom stereocenters. The smallest absolute Gasteiger partial charge is 0.153 e. The van der Waals surface area contributed by atoms with Crippen molar-refractivity contribution in [2.45, 2.75) is 13.8 Å². The molecule has 0 radical (unpaired) electrons. The van der Waals surface area contributed by atoms with Gasteiger partial charge in [0.15, 0.2) is 5.82 Å². The molecule has 0 amide bonds. The molecule has 0 spiro atoms. The van der Waals surface area contributed by atoms with E-state index in [1.54, 1.807) is 23.5 Å². The van der Waals surface area contributed by atoms with Crippen molar-refractivity contribution in [1.82, 2.24) is 9.97 Å². The van der Waals surface area contributed by atoms with Crippen LogP contribution in [-0.2, 0) is 0 Å². The fourth-order valence-corrected chi connectivity index (χ4v) is 3.38. The molecule has 0 aliphatic carbocycles. The number of hydrogen-bond acceptors (Lipinski definition) is 5. The average molecular weight is 288 g/mol.